The molecule has 0 unspecified atom stereocenters. The van der Waals surface area contributed by atoms with Crippen LogP contribution >= 0.6 is 0 Å². The first-order chi connectivity index (χ1) is 14.2. The summed E-state index contributed by atoms with van der Waals surface area (Å²) >= 11 is 0. The molecule has 1 aromatic heterocycles. The van der Waals surface area contributed by atoms with Gasteiger partial charge < -0.3 is 9.88 Å². The van der Waals surface area contributed by atoms with Crippen LogP contribution in [0.4, 0.5) is 5.69 Å². The Hall–Kier alpha value is -3.73. The van der Waals surface area contributed by atoms with Crippen LogP contribution in [-0.4, -0.2) is 15.9 Å². The summed E-state index contributed by atoms with van der Waals surface area (Å²) in [7, 11) is 0. The van der Waals surface area contributed by atoms with Gasteiger partial charge in [-0.3, -0.25) is 9.59 Å². The number of carbonyl (C=O) groups excluding carboxylic acids is 1. The average Bonchev–Trinajstić information content (AvgIpc) is 2.77. The fraction of sp³-hybridized carbons (Fsp3) is 0.125. The Kier molecular flexibility index (Phi) is 4.21. The maximum atomic E-state index is 13.1. The Bertz CT molecular complexity index is 1290. The molecule has 5 heteroatoms. The molecular formula is C24H19N3O2. The summed E-state index contributed by atoms with van der Waals surface area (Å²) in [5.41, 5.74) is 4.78. The third-order valence-electron chi connectivity index (χ3n) is 5.37. The Morgan fingerprint density at radius 2 is 1.66 bits per heavy atom. The van der Waals surface area contributed by atoms with E-state index in [1.54, 1.807) is 6.07 Å². The lowest BCUT2D eigenvalue weighted by Gasteiger charge is -2.31. The monoisotopic (exact) mass is 381 g/mol. The van der Waals surface area contributed by atoms with Crippen molar-refractivity contribution in [2.75, 3.05) is 4.90 Å². The summed E-state index contributed by atoms with van der Waals surface area (Å²) in [6.07, 6.45) is 0.664. The smallest absolute Gasteiger partial charge is 0.258 e. The molecular weight excluding hydrogens is 362 g/mol. The van der Waals surface area contributed by atoms with E-state index >= 15 is 0 Å². The highest BCUT2D eigenvalue weighted by Gasteiger charge is 2.25. The minimum Gasteiger partial charge on any atom is -0.310 e. The number of H-pyrrole nitrogens is 1. The van der Waals surface area contributed by atoms with Gasteiger partial charge in [-0.15, -0.1) is 0 Å². The molecule has 1 aliphatic rings. The van der Waals surface area contributed by atoms with Crippen LogP contribution in [0.25, 0.3) is 22.0 Å². The number of amides is 1. The molecule has 0 saturated heterocycles. The lowest BCUT2D eigenvalue weighted by molar-refractivity contribution is -0.118. The molecule has 5 rings (SSSR count). The fourth-order valence-electron chi connectivity index (χ4n) is 3.95. The van der Waals surface area contributed by atoms with Crippen molar-refractivity contribution in [3.63, 3.8) is 0 Å². The number of rotatable bonds is 3. The molecule has 29 heavy (non-hydrogen) atoms. The molecule has 0 spiro atoms. The third kappa shape index (κ3) is 3.10. The number of fused-ring (bicyclic) bond motifs is 4. The molecule has 3 aromatic carbocycles. The molecule has 0 fully saturated rings. The number of hydrogen-bond acceptors (Lipinski definition) is 3. The number of para-hydroxylation sites is 2. The van der Waals surface area contributed by atoms with Crippen molar-refractivity contribution in [3.05, 3.63) is 94.5 Å². The van der Waals surface area contributed by atoms with E-state index in [2.05, 4.69) is 28.2 Å². The summed E-state index contributed by atoms with van der Waals surface area (Å²) in [5, 5.41) is 0.559. The first-order valence-corrected chi connectivity index (χ1v) is 9.66. The minimum absolute atomic E-state index is 0.0164. The molecule has 4 aromatic rings. The Morgan fingerprint density at radius 3 is 2.55 bits per heavy atom. The van der Waals surface area contributed by atoms with Gasteiger partial charge in [0.05, 0.1) is 23.1 Å². The fourth-order valence-corrected chi connectivity index (χ4v) is 3.95. The van der Waals surface area contributed by atoms with Crippen molar-refractivity contribution in [2.45, 2.75) is 19.4 Å². The number of aryl methyl sites for hydroxylation is 1. The van der Waals surface area contributed by atoms with Crippen molar-refractivity contribution < 1.29 is 4.79 Å². The van der Waals surface area contributed by atoms with E-state index in [9.17, 15) is 9.59 Å². The second-order valence-corrected chi connectivity index (χ2v) is 7.18. The van der Waals surface area contributed by atoms with Crippen molar-refractivity contribution in [1.29, 1.82) is 0 Å². The van der Waals surface area contributed by atoms with Crippen LogP contribution < -0.4 is 10.5 Å². The van der Waals surface area contributed by atoms with Crippen LogP contribution in [0.2, 0.25) is 0 Å². The molecule has 0 atom stereocenters. The first-order valence-electron chi connectivity index (χ1n) is 9.66. The SMILES string of the molecule is O=C(CCc1nc2ccccc2c(=O)[nH]1)N1Cc2ccccc2-c2ccccc21. The number of aromatic nitrogens is 2. The van der Waals surface area contributed by atoms with Crippen molar-refractivity contribution in [2.24, 2.45) is 0 Å². The van der Waals surface area contributed by atoms with E-state index in [-0.39, 0.29) is 17.9 Å². The maximum absolute atomic E-state index is 13.1. The highest BCUT2D eigenvalue weighted by Crippen LogP contribution is 2.39. The van der Waals surface area contributed by atoms with Gasteiger partial charge in [-0.1, -0.05) is 54.6 Å². The number of aromatic amines is 1. The second kappa shape index (κ2) is 7.02. The van der Waals surface area contributed by atoms with Gasteiger partial charge >= 0.3 is 0 Å². The van der Waals surface area contributed by atoms with Crippen LogP contribution in [-0.2, 0) is 17.8 Å². The van der Waals surface area contributed by atoms with Gasteiger partial charge in [0.25, 0.3) is 5.56 Å². The highest BCUT2D eigenvalue weighted by molar-refractivity contribution is 6.00. The summed E-state index contributed by atoms with van der Waals surface area (Å²) < 4.78 is 0. The zero-order valence-electron chi connectivity index (χ0n) is 15.8. The molecule has 0 saturated carbocycles. The highest BCUT2D eigenvalue weighted by atomic mass is 16.2. The second-order valence-electron chi connectivity index (χ2n) is 7.18. The van der Waals surface area contributed by atoms with Gasteiger partial charge in [0.1, 0.15) is 5.82 Å². The summed E-state index contributed by atoms with van der Waals surface area (Å²) in [4.78, 5) is 34.5. The molecule has 2 heterocycles. The Balaban J connectivity index is 1.41. The number of nitrogens with one attached hydrogen (secondary N) is 1. The van der Waals surface area contributed by atoms with Gasteiger partial charge in [0.15, 0.2) is 0 Å². The molecule has 0 bridgehead atoms. The predicted molar refractivity (Wildman–Crippen MR) is 114 cm³/mol. The molecule has 142 valence electrons. The molecule has 1 aliphatic heterocycles. The van der Waals surface area contributed by atoms with Crippen LogP contribution in [0, 0.1) is 0 Å². The number of carbonyl (C=O) groups is 1. The molecule has 1 N–H and O–H groups in total. The topological polar surface area (TPSA) is 66.1 Å². The van der Waals surface area contributed by atoms with E-state index in [4.69, 9.17) is 0 Å². The number of anilines is 1. The lowest BCUT2D eigenvalue weighted by Crippen LogP contribution is -2.33. The Morgan fingerprint density at radius 1 is 0.931 bits per heavy atom. The molecule has 1 amide bonds. The van der Waals surface area contributed by atoms with Crippen LogP contribution in [0.1, 0.15) is 17.8 Å². The zero-order chi connectivity index (χ0) is 19.8. The number of nitrogens with zero attached hydrogens (tertiary/aromatic N) is 2. The third-order valence-corrected chi connectivity index (χ3v) is 5.37. The van der Waals surface area contributed by atoms with Crippen molar-refractivity contribution >= 4 is 22.5 Å². The van der Waals surface area contributed by atoms with Crippen LogP contribution in [0.5, 0.6) is 0 Å². The first kappa shape index (κ1) is 17.4. The van der Waals surface area contributed by atoms with E-state index in [0.29, 0.717) is 29.7 Å². The number of benzene rings is 3. The van der Waals surface area contributed by atoms with Gasteiger partial charge in [0.2, 0.25) is 5.91 Å². The summed E-state index contributed by atoms with van der Waals surface area (Å²) in [6, 6.07) is 23.4. The van der Waals surface area contributed by atoms with E-state index in [1.165, 1.54) is 5.56 Å². The number of hydrogen-bond donors (Lipinski definition) is 1. The summed E-state index contributed by atoms with van der Waals surface area (Å²) in [6.45, 7) is 0.549. The van der Waals surface area contributed by atoms with Crippen molar-refractivity contribution in [1.82, 2.24) is 9.97 Å². The minimum atomic E-state index is -0.171. The predicted octanol–water partition coefficient (Wildman–Crippen LogP) is 4.07. The van der Waals surface area contributed by atoms with E-state index < -0.39 is 0 Å². The molecule has 5 nitrogen and oxygen atoms in total. The summed E-state index contributed by atoms with van der Waals surface area (Å²) in [5.74, 6) is 0.551. The van der Waals surface area contributed by atoms with Gasteiger partial charge in [0, 0.05) is 18.4 Å². The van der Waals surface area contributed by atoms with Gasteiger partial charge in [-0.2, -0.15) is 0 Å². The molecule has 0 radical (unpaired) electrons. The largest absolute Gasteiger partial charge is 0.310 e. The standard InChI is InChI=1S/C24H19N3O2/c28-23(14-13-22-25-20-11-5-3-10-19(20)24(29)26-22)27-15-16-7-1-2-8-17(16)18-9-4-6-12-21(18)27/h1-12H,13-15H2,(H,25,26,29). The van der Waals surface area contributed by atoms with Crippen molar-refractivity contribution in [3.8, 4) is 11.1 Å². The Labute approximate surface area is 167 Å². The van der Waals surface area contributed by atoms with E-state index in [0.717, 1.165) is 16.8 Å². The quantitative estimate of drug-likeness (QED) is 0.582. The van der Waals surface area contributed by atoms with Gasteiger partial charge in [-0.25, -0.2) is 4.98 Å². The zero-order valence-corrected chi connectivity index (χ0v) is 15.8. The normalized spacial score (nSPS) is 12.5. The van der Waals surface area contributed by atoms with Crippen LogP contribution in [0.15, 0.2) is 77.6 Å². The lowest BCUT2D eigenvalue weighted by atomic mass is 9.93. The van der Waals surface area contributed by atoms with Crippen LogP contribution in [0.3, 0.4) is 0 Å². The van der Waals surface area contributed by atoms with E-state index in [1.807, 2.05) is 53.4 Å². The average molecular weight is 381 g/mol. The maximum Gasteiger partial charge on any atom is 0.258 e. The molecule has 0 aliphatic carbocycles. The van der Waals surface area contributed by atoms with Gasteiger partial charge in [-0.05, 0) is 29.3 Å².